The highest BCUT2D eigenvalue weighted by Crippen LogP contribution is 2.59. The molecule has 0 saturated carbocycles. The van der Waals surface area contributed by atoms with Gasteiger partial charge in [0.1, 0.15) is 5.04 Å². The average Bonchev–Trinajstić information content (AvgIpc) is 2.15. The Balaban J connectivity index is 5.04. The third-order valence-corrected chi connectivity index (χ3v) is 13.7. The summed E-state index contributed by atoms with van der Waals surface area (Å²) >= 11 is 30.9. The third kappa shape index (κ3) is 4.22. The van der Waals surface area contributed by atoms with E-state index in [1.54, 1.807) is 0 Å². The molecule has 0 heterocycles. The van der Waals surface area contributed by atoms with Gasteiger partial charge >= 0.3 is 13.4 Å². The minimum atomic E-state index is -2.77. The third-order valence-electron chi connectivity index (χ3n) is 3.48. The van der Waals surface area contributed by atoms with Crippen molar-refractivity contribution in [1.82, 2.24) is 0 Å². The molecule has 0 spiro atoms. The lowest BCUT2D eigenvalue weighted by Gasteiger charge is -2.37. The summed E-state index contributed by atoms with van der Waals surface area (Å²) in [7, 11) is -1.43. The van der Waals surface area contributed by atoms with Gasteiger partial charge in [-0.1, -0.05) is 20.8 Å². The van der Waals surface area contributed by atoms with Crippen LogP contribution in [0.25, 0.3) is 0 Å². The summed E-state index contributed by atoms with van der Waals surface area (Å²) in [6, 6.07) is -2.77. The zero-order chi connectivity index (χ0) is 13.2. The Kier molecular flexibility index (Phi) is 7.11. The van der Waals surface area contributed by atoms with Crippen molar-refractivity contribution in [3.63, 3.8) is 0 Å². The standard InChI is InChI=1S/C9H18Cl5Si2/c1-5-8(3,15(10)11)7-9(4,6-2)16(12,13)14/h5-7H2,1-4H3/q+1. The van der Waals surface area contributed by atoms with Gasteiger partial charge < -0.3 is 0 Å². The molecule has 2 atom stereocenters. The van der Waals surface area contributed by atoms with E-state index in [4.69, 9.17) is 55.4 Å². The molecule has 0 aliphatic rings. The second-order valence-electron chi connectivity index (χ2n) is 4.76. The van der Waals surface area contributed by atoms with E-state index in [9.17, 15) is 0 Å². The molecule has 0 aromatic heterocycles. The largest absolute Gasteiger partial charge is 0.550 e. The Hall–Kier alpha value is 1.88. The van der Waals surface area contributed by atoms with E-state index in [0.29, 0.717) is 0 Å². The molecule has 0 fully saturated rings. The Morgan fingerprint density at radius 1 is 1.00 bits per heavy atom. The first kappa shape index (κ1) is 17.9. The summed E-state index contributed by atoms with van der Waals surface area (Å²) in [4.78, 5) is 0. The molecule has 96 valence electrons. The van der Waals surface area contributed by atoms with Crippen molar-refractivity contribution in [3.8, 4) is 0 Å². The van der Waals surface area contributed by atoms with Crippen LogP contribution in [0.5, 0.6) is 0 Å². The maximum atomic E-state index is 6.20. The minimum absolute atomic E-state index is 0.102. The fourth-order valence-electron chi connectivity index (χ4n) is 1.61. The van der Waals surface area contributed by atoms with Gasteiger partial charge in [-0.25, -0.2) is 0 Å². The van der Waals surface area contributed by atoms with Crippen LogP contribution < -0.4 is 0 Å². The number of hydrogen-bond donors (Lipinski definition) is 0. The zero-order valence-corrected chi connectivity index (χ0v) is 15.8. The Labute approximate surface area is 125 Å². The minimum Gasteiger partial charge on any atom is -0.125 e. The van der Waals surface area contributed by atoms with Crippen molar-refractivity contribution >= 4 is 68.8 Å². The molecular weight excluding hydrogens is 342 g/mol. The van der Waals surface area contributed by atoms with Gasteiger partial charge in [0.2, 0.25) is 0 Å². The van der Waals surface area contributed by atoms with Gasteiger partial charge in [0.05, 0.1) is 22.2 Å². The summed E-state index contributed by atoms with van der Waals surface area (Å²) in [6.45, 7) is 8.28. The van der Waals surface area contributed by atoms with Crippen molar-refractivity contribution in [2.24, 2.45) is 0 Å². The van der Waals surface area contributed by atoms with E-state index in [1.807, 2.05) is 6.92 Å². The molecule has 0 amide bonds. The van der Waals surface area contributed by atoms with Gasteiger partial charge in [0.15, 0.2) is 0 Å². The van der Waals surface area contributed by atoms with Gasteiger partial charge in [-0.2, -0.15) is 0 Å². The number of halogens is 5. The van der Waals surface area contributed by atoms with E-state index >= 15 is 0 Å². The normalized spacial score (nSPS) is 20.1. The predicted octanol–water partition coefficient (Wildman–Crippen LogP) is 6.34. The predicted molar refractivity (Wildman–Crippen MR) is 82.7 cm³/mol. The first-order chi connectivity index (χ1) is 7.02. The average molecular weight is 360 g/mol. The van der Waals surface area contributed by atoms with Crippen LogP contribution in [0.3, 0.4) is 0 Å². The smallest absolute Gasteiger partial charge is 0.125 e. The van der Waals surface area contributed by atoms with Crippen LogP contribution in [0.2, 0.25) is 10.1 Å². The lowest BCUT2D eigenvalue weighted by atomic mass is 9.91. The Morgan fingerprint density at radius 2 is 1.44 bits per heavy atom. The van der Waals surface area contributed by atoms with E-state index in [2.05, 4.69) is 20.8 Å². The summed E-state index contributed by atoms with van der Waals surface area (Å²) in [5.74, 6) is 0. The van der Waals surface area contributed by atoms with Crippen molar-refractivity contribution in [2.45, 2.75) is 57.0 Å². The first-order valence-corrected chi connectivity index (χ1v) is 13.8. The highest BCUT2D eigenvalue weighted by Gasteiger charge is 2.56. The molecule has 0 bridgehead atoms. The SMILES string of the molecule is CCC(C)(CC(C)(CC)[Si](Cl)(Cl)Cl)[Si+](Cl)Cl. The van der Waals surface area contributed by atoms with Crippen LogP contribution in [0.1, 0.15) is 47.0 Å². The molecule has 0 radical (unpaired) electrons. The molecule has 0 nitrogen and oxygen atoms in total. The maximum Gasteiger partial charge on any atom is 0.550 e. The van der Waals surface area contributed by atoms with Crippen LogP contribution in [0.4, 0.5) is 0 Å². The highest BCUT2D eigenvalue weighted by molar-refractivity contribution is 7.65. The molecule has 16 heavy (non-hydrogen) atoms. The molecule has 0 saturated heterocycles. The van der Waals surface area contributed by atoms with E-state index < -0.39 is 13.4 Å². The van der Waals surface area contributed by atoms with Gasteiger partial charge in [0, 0.05) is 5.04 Å². The van der Waals surface area contributed by atoms with Crippen molar-refractivity contribution in [1.29, 1.82) is 0 Å². The second-order valence-corrected chi connectivity index (χ2v) is 18.4. The topological polar surface area (TPSA) is 0 Å². The van der Waals surface area contributed by atoms with Gasteiger partial charge in [-0.3, -0.25) is 0 Å². The van der Waals surface area contributed by atoms with Crippen molar-refractivity contribution in [3.05, 3.63) is 0 Å². The lowest BCUT2D eigenvalue weighted by Crippen LogP contribution is -2.36. The molecular formula is C9H18Cl5Si2+. The van der Waals surface area contributed by atoms with E-state index in [1.165, 1.54) is 0 Å². The number of rotatable bonds is 6. The van der Waals surface area contributed by atoms with Gasteiger partial charge in [-0.15, -0.1) is 33.2 Å². The molecule has 0 N–H and O–H groups in total. The first-order valence-electron chi connectivity index (χ1n) is 5.27. The van der Waals surface area contributed by atoms with Crippen LogP contribution in [-0.4, -0.2) is 13.4 Å². The van der Waals surface area contributed by atoms with Crippen molar-refractivity contribution in [2.75, 3.05) is 0 Å². The Bertz CT molecular complexity index is 230. The Morgan fingerprint density at radius 3 is 1.62 bits per heavy atom. The van der Waals surface area contributed by atoms with Crippen molar-refractivity contribution < 1.29 is 0 Å². The summed E-state index contributed by atoms with van der Waals surface area (Å²) in [6.07, 6.45) is 2.55. The molecule has 0 aliphatic heterocycles. The van der Waals surface area contributed by atoms with E-state index in [-0.39, 0.29) is 10.1 Å². The van der Waals surface area contributed by atoms with Gasteiger partial charge in [-0.05, 0) is 26.2 Å². The number of hydrogen-bond acceptors (Lipinski definition) is 0. The summed E-state index contributed by atoms with van der Waals surface area (Å²) in [5, 5.41) is -0.364. The van der Waals surface area contributed by atoms with Crippen LogP contribution in [-0.2, 0) is 0 Å². The molecule has 7 heteroatoms. The molecule has 0 rings (SSSR count). The lowest BCUT2D eigenvalue weighted by molar-refractivity contribution is 0.423. The van der Waals surface area contributed by atoms with E-state index in [0.717, 1.165) is 19.3 Å². The fourth-order valence-corrected chi connectivity index (χ4v) is 6.58. The van der Waals surface area contributed by atoms with Crippen LogP contribution >= 0.6 is 55.4 Å². The maximum absolute atomic E-state index is 6.20. The molecule has 2 unspecified atom stereocenters. The monoisotopic (exact) mass is 357 g/mol. The van der Waals surface area contributed by atoms with Crippen LogP contribution in [0.15, 0.2) is 0 Å². The summed E-state index contributed by atoms with van der Waals surface area (Å²) in [5.41, 5.74) is 0. The fraction of sp³-hybridized carbons (Fsp3) is 1.00. The molecule has 0 aromatic rings. The highest BCUT2D eigenvalue weighted by atomic mass is 35.8. The van der Waals surface area contributed by atoms with Crippen LogP contribution in [0, 0.1) is 0 Å². The second kappa shape index (κ2) is 6.36. The van der Waals surface area contributed by atoms with Gasteiger partial charge in [0.25, 0.3) is 0 Å². The zero-order valence-electron chi connectivity index (χ0n) is 10.0. The summed E-state index contributed by atoms with van der Waals surface area (Å²) < 4.78 is 0. The quantitative estimate of drug-likeness (QED) is 0.383. The molecule has 0 aromatic carbocycles. The molecule has 0 aliphatic carbocycles.